The summed E-state index contributed by atoms with van der Waals surface area (Å²) < 4.78 is 27.2. The van der Waals surface area contributed by atoms with Gasteiger partial charge >= 0.3 is 0 Å². The van der Waals surface area contributed by atoms with E-state index in [0.717, 1.165) is 24.0 Å². The first-order chi connectivity index (χ1) is 13.4. The predicted octanol–water partition coefficient (Wildman–Crippen LogP) is 3.92. The number of hydrogen-bond acceptors (Lipinski definition) is 4. The summed E-state index contributed by atoms with van der Waals surface area (Å²) in [5.41, 5.74) is 2.61. The number of carbonyl (C=O) groups excluding carboxylic acids is 1. The SMILES string of the molecule is Cc1ccc(S(=O)(=O)c2c(C(=O)N3CCCC3)cnc3ccc(C)cc23)cc1. The predicted molar refractivity (Wildman–Crippen MR) is 108 cm³/mol. The molecule has 6 heteroatoms. The Morgan fingerprint density at radius 2 is 1.61 bits per heavy atom. The van der Waals surface area contributed by atoms with Crippen molar-refractivity contribution in [1.29, 1.82) is 0 Å². The lowest BCUT2D eigenvalue weighted by molar-refractivity contribution is 0.0789. The molecule has 1 saturated heterocycles. The average Bonchev–Trinajstić information content (AvgIpc) is 3.21. The Kier molecular flexibility index (Phi) is 4.67. The Hall–Kier alpha value is -2.73. The fourth-order valence-electron chi connectivity index (χ4n) is 3.65. The Morgan fingerprint density at radius 3 is 2.29 bits per heavy atom. The van der Waals surface area contributed by atoms with Crippen LogP contribution in [0.1, 0.15) is 34.3 Å². The molecule has 0 unspecified atom stereocenters. The van der Waals surface area contributed by atoms with Crippen molar-refractivity contribution in [3.63, 3.8) is 0 Å². The lowest BCUT2D eigenvalue weighted by Crippen LogP contribution is -2.29. The average molecular weight is 394 g/mol. The molecule has 2 aromatic carbocycles. The van der Waals surface area contributed by atoms with Crippen LogP contribution in [0.5, 0.6) is 0 Å². The molecule has 0 bridgehead atoms. The van der Waals surface area contributed by atoms with Crippen molar-refractivity contribution in [2.75, 3.05) is 13.1 Å². The molecule has 3 aromatic rings. The van der Waals surface area contributed by atoms with E-state index in [4.69, 9.17) is 0 Å². The summed E-state index contributed by atoms with van der Waals surface area (Å²) in [6.07, 6.45) is 3.29. The van der Waals surface area contributed by atoms with E-state index in [9.17, 15) is 13.2 Å². The Labute approximate surface area is 164 Å². The Morgan fingerprint density at radius 1 is 0.964 bits per heavy atom. The van der Waals surface area contributed by atoms with Gasteiger partial charge in [-0.2, -0.15) is 0 Å². The molecule has 1 aliphatic rings. The molecule has 4 rings (SSSR count). The fourth-order valence-corrected chi connectivity index (χ4v) is 5.26. The van der Waals surface area contributed by atoms with Crippen LogP contribution in [0.3, 0.4) is 0 Å². The third kappa shape index (κ3) is 3.18. The van der Waals surface area contributed by atoms with Gasteiger partial charge in [-0.15, -0.1) is 0 Å². The summed E-state index contributed by atoms with van der Waals surface area (Å²) >= 11 is 0. The van der Waals surface area contributed by atoms with E-state index in [-0.39, 0.29) is 21.3 Å². The summed E-state index contributed by atoms with van der Waals surface area (Å²) in [6, 6.07) is 12.2. The molecule has 0 radical (unpaired) electrons. The van der Waals surface area contributed by atoms with Crippen LogP contribution in [-0.4, -0.2) is 37.3 Å². The van der Waals surface area contributed by atoms with Gasteiger partial charge in [0.25, 0.3) is 5.91 Å². The van der Waals surface area contributed by atoms with Gasteiger partial charge in [0.15, 0.2) is 0 Å². The first-order valence-corrected chi connectivity index (χ1v) is 10.9. The first kappa shape index (κ1) is 18.6. The van der Waals surface area contributed by atoms with E-state index >= 15 is 0 Å². The van der Waals surface area contributed by atoms with Gasteiger partial charge in [0.1, 0.15) is 0 Å². The van der Waals surface area contributed by atoms with E-state index < -0.39 is 9.84 Å². The van der Waals surface area contributed by atoms with Crippen molar-refractivity contribution in [1.82, 2.24) is 9.88 Å². The van der Waals surface area contributed by atoms with Crippen molar-refractivity contribution in [2.45, 2.75) is 36.5 Å². The van der Waals surface area contributed by atoms with Gasteiger partial charge in [-0.1, -0.05) is 29.3 Å². The van der Waals surface area contributed by atoms with Crippen molar-refractivity contribution >= 4 is 26.6 Å². The molecule has 0 spiro atoms. The zero-order valence-electron chi connectivity index (χ0n) is 16.0. The summed E-state index contributed by atoms with van der Waals surface area (Å²) in [4.78, 5) is 19.5. The minimum Gasteiger partial charge on any atom is -0.339 e. The van der Waals surface area contributed by atoms with Gasteiger partial charge in [0, 0.05) is 24.7 Å². The van der Waals surface area contributed by atoms with Gasteiger partial charge in [-0.25, -0.2) is 8.42 Å². The number of aromatic nitrogens is 1. The molecule has 144 valence electrons. The number of fused-ring (bicyclic) bond motifs is 1. The number of amides is 1. The van der Waals surface area contributed by atoms with Crippen LogP contribution in [0.25, 0.3) is 10.9 Å². The summed E-state index contributed by atoms with van der Waals surface area (Å²) in [5.74, 6) is -0.265. The standard InChI is InChI=1S/C22H22N2O3S/c1-15-5-8-17(9-6-15)28(26,27)21-18-13-16(2)7-10-20(18)23-14-19(21)22(25)24-11-3-4-12-24/h5-10,13-14H,3-4,11-12H2,1-2H3. The monoisotopic (exact) mass is 394 g/mol. The molecule has 5 nitrogen and oxygen atoms in total. The summed E-state index contributed by atoms with van der Waals surface area (Å²) in [6.45, 7) is 5.10. The molecular weight excluding hydrogens is 372 g/mol. The number of likely N-dealkylation sites (tertiary alicyclic amines) is 1. The maximum absolute atomic E-state index is 13.6. The van der Waals surface area contributed by atoms with Gasteiger partial charge < -0.3 is 4.90 Å². The molecule has 1 aromatic heterocycles. The smallest absolute Gasteiger partial charge is 0.256 e. The van der Waals surface area contributed by atoms with E-state index in [1.54, 1.807) is 41.3 Å². The molecule has 0 N–H and O–H groups in total. The molecule has 0 aliphatic carbocycles. The van der Waals surface area contributed by atoms with Crippen molar-refractivity contribution in [3.8, 4) is 0 Å². The highest BCUT2D eigenvalue weighted by molar-refractivity contribution is 7.91. The van der Waals surface area contributed by atoms with Crippen LogP contribution in [0.4, 0.5) is 0 Å². The van der Waals surface area contributed by atoms with Crippen molar-refractivity contribution in [2.24, 2.45) is 0 Å². The van der Waals surface area contributed by atoms with Crippen molar-refractivity contribution in [3.05, 3.63) is 65.4 Å². The minimum absolute atomic E-state index is 0.0574. The number of benzene rings is 2. The maximum atomic E-state index is 13.6. The van der Waals surface area contributed by atoms with Crippen LogP contribution >= 0.6 is 0 Å². The van der Waals surface area contributed by atoms with Crippen LogP contribution in [0, 0.1) is 13.8 Å². The first-order valence-electron chi connectivity index (χ1n) is 9.38. The molecule has 28 heavy (non-hydrogen) atoms. The maximum Gasteiger partial charge on any atom is 0.256 e. The second kappa shape index (κ2) is 7.02. The van der Waals surface area contributed by atoms with Crippen LogP contribution in [-0.2, 0) is 9.84 Å². The van der Waals surface area contributed by atoms with Crippen LogP contribution in [0.2, 0.25) is 0 Å². The highest BCUT2D eigenvalue weighted by atomic mass is 32.2. The topological polar surface area (TPSA) is 67.3 Å². The Bertz CT molecular complexity index is 1160. The molecule has 1 amide bonds. The molecule has 1 aliphatic heterocycles. The van der Waals surface area contributed by atoms with Gasteiger partial charge in [-0.05, 0) is 51.0 Å². The lowest BCUT2D eigenvalue weighted by Gasteiger charge is -2.19. The van der Waals surface area contributed by atoms with Gasteiger partial charge in [-0.3, -0.25) is 9.78 Å². The largest absolute Gasteiger partial charge is 0.339 e. The highest BCUT2D eigenvalue weighted by Crippen LogP contribution is 2.32. The fraction of sp³-hybridized carbons (Fsp3) is 0.273. The van der Waals surface area contributed by atoms with Gasteiger partial charge in [0.05, 0.1) is 20.9 Å². The van der Waals surface area contributed by atoms with E-state index in [0.29, 0.717) is 24.0 Å². The second-order valence-corrected chi connectivity index (χ2v) is 9.22. The summed E-state index contributed by atoms with van der Waals surface area (Å²) in [5, 5.41) is 0.491. The van der Waals surface area contributed by atoms with Crippen molar-refractivity contribution < 1.29 is 13.2 Å². The number of pyridine rings is 1. The third-order valence-electron chi connectivity index (χ3n) is 5.20. The zero-order chi connectivity index (χ0) is 19.9. The zero-order valence-corrected chi connectivity index (χ0v) is 16.8. The normalized spacial score (nSPS) is 14.6. The number of nitrogens with zero attached hydrogens (tertiary/aromatic N) is 2. The van der Waals surface area contributed by atoms with Crippen LogP contribution in [0.15, 0.2) is 58.5 Å². The third-order valence-corrected chi connectivity index (χ3v) is 7.07. The van der Waals surface area contributed by atoms with Crippen LogP contribution < -0.4 is 0 Å². The van der Waals surface area contributed by atoms with E-state index in [1.165, 1.54) is 6.20 Å². The molecule has 0 atom stereocenters. The highest BCUT2D eigenvalue weighted by Gasteiger charge is 2.30. The van der Waals surface area contributed by atoms with E-state index in [1.807, 2.05) is 19.9 Å². The number of sulfone groups is 1. The lowest BCUT2D eigenvalue weighted by atomic mass is 10.1. The number of hydrogen-bond donors (Lipinski definition) is 0. The molecule has 1 fully saturated rings. The minimum atomic E-state index is -3.89. The second-order valence-electron chi connectivity index (χ2n) is 7.34. The quantitative estimate of drug-likeness (QED) is 0.675. The number of aryl methyl sites for hydroxylation is 2. The summed E-state index contributed by atoms with van der Waals surface area (Å²) in [7, 11) is -3.89. The Balaban J connectivity index is 2.00. The number of carbonyl (C=O) groups is 1. The van der Waals surface area contributed by atoms with E-state index in [2.05, 4.69) is 4.98 Å². The number of rotatable bonds is 3. The molecular formula is C22H22N2O3S. The molecule has 2 heterocycles. The molecule has 0 saturated carbocycles. The van der Waals surface area contributed by atoms with Gasteiger partial charge in [0.2, 0.25) is 9.84 Å².